The van der Waals surface area contributed by atoms with Crippen molar-refractivity contribution in [2.45, 2.75) is 23.2 Å². The average Bonchev–Trinajstić information content (AvgIpc) is 3.19. The Morgan fingerprint density at radius 1 is 1.20 bits per heavy atom. The zero-order chi connectivity index (χ0) is 17.2. The van der Waals surface area contributed by atoms with Gasteiger partial charge in [-0.15, -0.1) is 10.2 Å². The Labute approximate surface area is 153 Å². The molecule has 7 heteroatoms. The molecule has 0 saturated carbocycles. The maximum atomic E-state index is 11.9. The monoisotopic (exact) mass is 369 g/mol. The van der Waals surface area contributed by atoms with Gasteiger partial charge in [0.15, 0.2) is 4.34 Å². The molecular formula is C18H15N3O2S2. The highest BCUT2D eigenvalue weighted by Gasteiger charge is 2.31. The number of hydrogen-bond acceptors (Lipinski definition) is 7. The number of hydrogen-bond donors (Lipinski definition) is 1. The van der Waals surface area contributed by atoms with E-state index < -0.39 is 6.23 Å². The molecule has 0 fully saturated rings. The number of esters is 1. The molecule has 2 aromatic carbocycles. The van der Waals surface area contributed by atoms with E-state index in [1.807, 2.05) is 18.2 Å². The summed E-state index contributed by atoms with van der Waals surface area (Å²) >= 11 is 3.10. The fraction of sp³-hybridized carbons (Fsp3) is 0.167. The Balaban J connectivity index is 1.41. The van der Waals surface area contributed by atoms with Crippen molar-refractivity contribution in [1.82, 2.24) is 10.2 Å². The third kappa shape index (κ3) is 3.52. The average molecular weight is 369 g/mol. The van der Waals surface area contributed by atoms with Crippen molar-refractivity contribution in [3.05, 3.63) is 70.8 Å². The van der Waals surface area contributed by atoms with Crippen LogP contribution in [0.2, 0.25) is 0 Å². The van der Waals surface area contributed by atoms with Crippen LogP contribution < -0.4 is 5.32 Å². The maximum Gasteiger partial charge on any atom is 0.340 e. The van der Waals surface area contributed by atoms with Gasteiger partial charge in [-0.1, -0.05) is 71.1 Å². The van der Waals surface area contributed by atoms with E-state index in [0.717, 1.165) is 15.7 Å². The van der Waals surface area contributed by atoms with Gasteiger partial charge in [-0.2, -0.15) is 0 Å². The van der Waals surface area contributed by atoms with Crippen molar-refractivity contribution < 1.29 is 9.53 Å². The number of benzene rings is 2. The second kappa shape index (κ2) is 6.85. The van der Waals surface area contributed by atoms with Crippen LogP contribution >= 0.6 is 23.1 Å². The largest absolute Gasteiger partial charge is 0.434 e. The van der Waals surface area contributed by atoms with E-state index in [2.05, 4.69) is 46.7 Å². The number of aryl methyl sites for hydroxylation is 1. The first-order valence-corrected chi connectivity index (χ1v) is 9.57. The molecule has 1 N–H and O–H groups in total. The molecule has 0 aliphatic carbocycles. The number of thioether (sulfide) groups is 1. The highest BCUT2D eigenvalue weighted by Crippen LogP contribution is 2.34. The quantitative estimate of drug-likeness (QED) is 0.530. The number of fused-ring (bicyclic) bond motifs is 1. The van der Waals surface area contributed by atoms with Crippen molar-refractivity contribution in [3.8, 4) is 0 Å². The number of carbonyl (C=O) groups excluding carboxylic acids is 1. The first kappa shape index (κ1) is 16.1. The predicted octanol–water partition coefficient (Wildman–Crippen LogP) is 4.42. The maximum absolute atomic E-state index is 11.9. The first-order chi connectivity index (χ1) is 12.2. The summed E-state index contributed by atoms with van der Waals surface area (Å²) in [6.07, 6.45) is -0.508. The van der Waals surface area contributed by atoms with Crippen LogP contribution in [0.5, 0.6) is 0 Å². The summed E-state index contributed by atoms with van der Waals surface area (Å²) < 4.78 is 6.25. The molecule has 0 bridgehead atoms. The van der Waals surface area contributed by atoms with Gasteiger partial charge in [0.25, 0.3) is 0 Å². The minimum absolute atomic E-state index is 0.313. The molecule has 0 amide bonds. The molecule has 0 saturated heterocycles. The first-order valence-electron chi connectivity index (χ1n) is 7.77. The van der Waals surface area contributed by atoms with E-state index in [1.54, 1.807) is 17.8 Å². The lowest BCUT2D eigenvalue weighted by molar-refractivity contribution is 0.0437. The van der Waals surface area contributed by atoms with Gasteiger partial charge >= 0.3 is 5.97 Å². The van der Waals surface area contributed by atoms with Gasteiger partial charge in [-0.05, 0) is 18.6 Å². The normalized spacial score (nSPS) is 15.7. The summed E-state index contributed by atoms with van der Waals surface area (Å²) in [7, 11) is 0. The summed E-state index contributed by atoms with van der Waals surface area (Å²) in [5.41, 5.74) is 3.93. The van der Waals surface area contributed by atoms with Crippen LogP contribution in [0.25, 0.3) is 0 Å². The summed E-state index contributed by atoms with van der Waals surface area (Å²) in [4.78, 5) is 11.9. The molecule has 25 heavy (non-hydrogen) atoms. The lowest BCUT2D eigenvalue weighted by Crippen LogP contribution is -2.09. The number of rotatable bonds is 5. The molecule has 1 aliphatic heterocycles. The molecular weight excluding hydrogens is 354 g/mol. The van der Waals surface area contributed by atoms with E-state index >= 15 is 0 Å². The van der Waals surface area contributed by atoms with Gasteiger partial charge in [-0.3, -0.25) is 0 Å². The minimum atomic E-state index is -0.508. The predicted molar refractivity (Wildman–Crippen MR) is 98.9 cm³/mol. The van der Waals surface area contributed by atoms with Gasteiger partial charge in [0, 0.05) is 11.3 Å². The highest BCUT2D eigenvalue weighted by molar-refractivity contribution is 8.00. The molecule has 1 aromatic heterocycles. The second-order valence-electron chi connectivity index (χ2n) is 5.67. The van der Waals surface area contributed by atoms with Gasteiger partial charge in [0.2, 0.25) is 11.4 Å². The molecule has 0 spiro atoms. The van der Waals surface area contributed by atoms with Crippen molar-refractivity contribution in [1.29, 1.82) is 0 Å². The molecule has 1 atom stereocenters. The van der Waals surface area contributed by atoms with Gasteiger partial charge < -0.3 is 10.1 Å². The molecule has 126 valence electrons. The molecule has 1 unspecified atom stereocenters. The van der Waals surface area contributed by atoms with Crippen LogP contribution in [0, 0.1) is 6.92 Å². The molecule has 3 aromatic rings. The summed E-state index contributed by atoms with van der Waals surface area (Å²) in [6.45, 7) is 2.09. The van der Waals surface area contributed by atoms with E-state index in [9.17, 15) is 4.79 Å². The van der Waals surface area contributed by atoms with Crippen LogP contribution in [-0.2, 0) is 10.5 Å². The lowest BCUT2D eigenvalue weighted by atomic mass is 10.1. The second-order valence-corrected chi connectivity index (χ2v) is 7.87. The molecule has 2 heterocycles. The van der Waals surface area contributed by atoms with Crippen molar-refractivity contribution >= 4 is 34.2 Å². The van der Waals surface area contributed by atoms with Crippen LogP contribution in [0.3, 0.4) is 0 Å². The smallest absolute Gasteiger partial charge is 0.340 e. The van der Waals surface area contributed by atoms with E-state index in [1.165, 1.54) is 22.5 Å². The van der Waals surface area contributed by atoms with Crippen molar-refractivity contribution in [2.24, 2.45) is 0 Å². The van der Waals surface area contributed by atoms with Crippen LogP contribution in [0.4, 0.5) is 5.13 Å². The number of cyclic esters (lactones) is 1. The van der Waals surface area contributed by atoms with E-state index in [0.29, 0.717) is 10.7 Å². The summed E-state index contributed by atoms with van der Waals surface area (Å²) in [6, 6.07) is 15.8. The van der Waals surface area contributed by atoms with Crippen LogP contribution in [-0.4, -0.2) is 16.2 Å². The Morgan fingerprint density at radius 3 is 2.96 bits per heavy atom. The minimum Gasteiger partial charge on any atom is -0.434 e. The van der Waals surface area contributed by atoms with E-state index in [4.69, 9.17) is 4.74 Å². The fourth-order valence-electron chi connectivity index (χ4n) is 2.64. The lowest BCUT2D eigenvalue weighted by Gasteiger charge is -2.10. The Morgan fingerprint density at radius 2 is 2.08 bits per heavy atom. The molecule has 5 nitrogen and oxygen atoms in total. The highest BCUT2D eigenvalue weighted by atomic mass is 32.2. The number of aromatic nitrogens is 2. The van der Waals surface area contributed by atoms with Crippen LogP contribution in [0.15, 0.2) is 52.9 Å². The zero-order valence-electron chi connectivity index (χ0n) is 13.4. The van der Waals surface area contributed by atoms with Gasteiger partial charge in [0.05, 0.1) is 5.56 Å². The SMILES string of the molecule is Cc1cccc(CSc2nnc(NC3OC(=O)c4ccccc43)s2)c1. The molecule has 0 radical (unpaired) electrons. The van der Waals surface area contributed by atoms with Crippen LogP contribution in [0.1, 0.15) is 33.3 Å². The fourth-order valence-corrected chi connectivity index (χ4v) is 4.35. The Hall–Kier alpha value is -2.38. The van der Waals surface area contributed by atoms with E-state index in [-0.39, 0.29) is 5.97 Å². The molecule has 4 rings (SSSR count). The Bertz CT molecular complexity index is 926. The standard InChI is InChI=1S/C18H15N3O2S2/c1-11-5-4-6-12(9-11)10-24-18-21-20-17(25-18)19-15-13-7-2-3-8-14(13)16(22)23-15/h2-9,15H,10H2,1H3,(H,19,20). The van der Waals surface area contributed by atoms with Gasteiger partial charge in [0.1, 0.15) is 0 Å². The Kier molecular flexibility index (Phi) is 4.42. The van der Waals surface area contributed by atoms with Gasteiger partial charge in [-0.25, -0.2) is 4.79 Å². The topological polar surface area (TPSA) is 64.1 Å². The summed E-state index contributed by atoms with van der Waals surface area (Å²) in [5, 5.41) is 12.1. The van der Waals surface area contributed by atoms with Crippen molar-refractivity contribution in [3.63, 3.8) is 0 Å². The summed E-state index contributed by atoms with van der Waals surface area (Å²) in [5.74, 6) is 0.532. The number of anilines is 1. The number of nitrogens with one attached hydrogen (secondary N) is 1. The number of ether oxygens (including phenoxy) is 1. The number of nitrogens with zero attached hydrogens (tertiary/aromatic N) is 2. The zero-order valence-corrected chi connectivity index (χ0v) is 15.1. The third-order valence-electron chi connectivity index (χ3n) is 3.79. The number of carbonyl (C=O) groups is 1. The third-order valence-corrected chi connectivity index (χ3v) is 5.85. The van der Waals surface area contributed by atoms with Crippen molar-refractivity contribution in [2.75, 3.05) is 5.32 Å². The molecule has 1 aliphatic rings.